The Morgan fingerprint density at radius 3 is 3.00 bits per heavy atom. The maximum atomic E-state index is 5.27. The number of H-pyrrole nitrogens is 2. The molecule has 0 bridgehead atoms. The van der Waals surface area contributed by atoms with E-state index in [0.29, 0.717) is 5.75 Å². The maximum absolute atomic E-state index is 5.27. The topological polar surface area (TPSA) is 79.5 Å². The van der Waals surface area contributed by atoms with E-state index in [4.69, 9.17) is 4.74 Å². The van der Waals surface area contributed by atoms with Gasteiger partial charge in [0.15, 0.2) is 0 Å². The smallest absolute Gasteiger partial charge is 0.137 e. The predicted octanol–water partition coefficient (Wildman–Crippen LogP) is 4.22. The van der Waals surface area contributed by atoms with Gasteiger partial charge in [-0.05, 0) is 24.3 Å². The van der Waals surface area contributed by atoms with Gasteiger partial charge in [-0.3, -0.25) is 15.1 Å². The second kappa shape index (κ2) is 6.12. The number of fused-ring (bicyclic) bond motifs is 2. The van der Waals surface area contributed by atoms with Gasteiger partial charge in [0.05, 0.1) is 42.1 Å². The fourth-order valence-electron chi connectivity index (χ4n) is 3.16. The number of pyridine rings is 2. The van der Waals surface area contributed by atoms with Gasteiger partial charge in [0.25, 0.3) is 0 Å². The lowest BCUT2D eigenvalue weighted by atomic mass is 10.1. The standard InChI is InChI=1S/C21H15N5O/c1-27-15-7-14(10-22-11-15)18-9-16-20(12-23-18)25-26-21(16)19-8-13-5-3-2-4-6-17(13)24-19/h2-3,5-12,24H,1H3,(H,25,26). The fourth-order valence-corrected chi connectivity index (χ4v) is 3.16. The zero-order valence-corrected chi connectivity index (χ0v) is 14.5. The minimum absolute atomic E-state index is 0.696. The molecule has 0 spiro atoms. The molecule has 6 nitrogen and oxygen atoms in total. The molecule has 27 heavy (non-hydrogen) atoms. The van der Waals surface area contributed by atoms with Gasteiger partial charge in [-0.25, -0.2) is 0 Å². The lowest BCUT2D eigenvalue weighted by molar-refractivity contribution is 0.413. The number of aromatic amines is 2. The number of allylic oxidation sites excluding steroid dienone is 2. The molecular formula is C21H15N5O. The molecule has 6 heteroatoms. The molecule has 0 aliphatic heterocycles. The van der Waals surface area contributed by atoms with Gasteiger partial charge in [0.1, 0.15) is 11.4 Å². The normalized spacial score (nSPS) is 12.3. The number of hydrogen-bond acceptors (Lipinski definition) is 4. The van der Waals surface area contributed by atoms with Gasteiger partial charge in [-0.2, -0.15) is 5.10 Å². The van der Waals surface area contributed by atoms with Crippen molar-refractivity contribution in [3.05, 3.63) is 65.9 Å². The summed E-state index contributed by atoms with van der Waals surface area (Å²) in [5.41, 5.74) is 9.60. The first-order chi connectivity index (χ1) is 13.3. The monoisotopic (exact) mass is 353 g/mol. The van der Waals surface area contributed by atoms with E-state index in [9.17, 15) is 0 Å². The lowest BCUT2D eigenvalue weighted by Gasteiger charge is -2.04. The molecule has 1 aliphatic rings. The summed E-state index contributed by atoms with van der Waals surface area (Å²) in [6, 6.07) is 6.02. The fraction of sp³-hybridized carbons (Fsp3) is 0.0476. The van der Waals surface area contributed by atoms with E-state index in [0.717, 1.165) is 44.8 Å². The Kier molecular flexibility index (Phi) is 3.49. The molecule has 0 atom stereocenters. The Hall–Kier alpha value is -3.89. The summed E-state index contributed by atoms with van der Waals surface area (Å²) in [5.74, 6) is 0.696. The van der Waals surface area contributed by atoms with Crippen LogP contribution in [0.5, 0.6) is 5.75 Å². The third-order valence-electron chi connectivity index (χ3n) is 4.52. The van der Waals surface area contributed by atoms with Crippen LogP contribution in [0.2, 0.25) is 0 Å². The molecule has 0 unspecified atom stereocenters. The van der Waals surface area contributed by atoms with E-state index in [1.807, 2.05) is 30.4 Å². The van der Waals surface area contributed by atoms with Crippen LogP contribution in [0.15, 0.2) is 54.7 Å². The molecule has 4 heterocycles. The van der Waals surface area contributed by atoms with Crippen molar-refractivity contribution in [2.75, 3.05) is 7.11 Å². The first-order valence-electron chi connectivity index (χ1n) is 8.48. The molecule has 0 aromatic carbocycles. The van der Waals surface area contributed by atoms with E-state index >= 15 is 0 Å². The molecule has 130 valence electrons. The molecule has 4 aromatic rings. The summed E-state index contributed by atoms with van der Waals surface area (Å²) in [4.78, 5) is 12.2. The Bertz CT molecular complexity index is 1250. The van der Waals surface area contributed by atoms with Crippen LogP contribution < -0.4 is 4.74 Å². The van der Waals surface area contributed by atoms with E-state index in [1.165, 1.54) is 0 Å². The van der Waals surface area contributed by atoms with Crippen LogP contribution in [-0.4, -0.2) is 32.3 Å². The summed E-state index contributed by atoms with van der Waals surface area (Å²) in [6.07, 6.45) is 13.1. The summed E-state index contributed by atoms with van der Waals surface area (Å²) >= 11 is 0. The van der Waals surface area contributed by atoms with E-state index in [1.54, 1.807) is 25.7 Å². The first-order valence-corrected chi connectivity index (χ1v) is 8.48. The maximum Gasteiger partial charge on any atom is 0.137 e. The van der Waals surface area contributed by atoms with Gasteiger partial charge in [-0.15, -0.1) is 5.73 Å². The Morgan fingerprint density at radius 2 is 2.07 bits per heavy atom. The number of nitrogens with one attached hydrogen (secondary N) is 2. The van der Waals surface area contributed by atoms with Gasteiger partial charge in [0, 0.05) is 28.8 Å². The van der Waals surface area contributed by atoms with Crippen molar-refractivity contribution >= 4 is 23.1 Å². The highest BCUT2D eigenvalue weighted by molar-refractivity contribution is 5.94. The second-order valence-corrected chi connectivity index (χ2v) is 6.19. The minimum atomic E-state index is 0.696. The van der Waals surface area contributed by atoms with E-state index in [2.05, 4.69) is 43.0 Å². The number of methoxy groups -OCH3 is 1. The van der Waals surface area contributed by atoms with Gasteiger partial charge in [-0.1, -0.05) is 12.2 Å². The molecular weight excluding hydrogens is 338 g/mol. The van der Waals surface area contributed by atoms with Crippen LogP contribution in [0, 0.1) is 0 Å². The molecule has 2 N–H and O–H groups in total. The zero-order chi connectivity index (χ0) is 18.2. The summed E-state index contributed by atoms with van der Waals surface area (Å²) in [5, 5.41) is 8.54. The van der Waals surface area contributed by atoms with Gasteiger partial charge >= 0.3 is 0 Å². The highest BCUT2D eigenvalue weighted by atomic mass is 16.5. The van der Waals surface area contributed by atoms with Crippen LogP contribution in [0.3, 0.4) is 0 Å². The van der Waals surface area contributed by atoms with Crippen molar-refractivity contribution in [2.24, 2.45) is 0 Å². The van der Waals surface area contributed by atoms with Gasteiger partial charge in [0.2, 0.25) is 0 Å². The first kappa shape index (κ1) is 15.4. The van der Waals surface area contributed by atoms with E-state index < -0.39 is 0 Å². The molecule has 0 saturated heterocycles. The van der Waals surface area contributed by atoms with Crippen LogP contribution >= 0.6 is 0 Å². The summed E-state index contributed by atoms with van der Waals surface area (Å²) in [7, 11) is 1.62. The molecule has 4 aromatic heterocycles. The molecule has 0 saturated carbocycles. The predicted molar refractivity (Wildman–Crippen MR) is 105 cm³/mol. The Labute approximate surface area is 155 Å². The summed E-state index contributed by atoms with van der Waals surface area (Å²) < 4.78 is 5.27. The number of hydrogen-bond donors (Lipinski definition) is 2. The molecule has 0 radical (unpaired) electrons. The largest absolute Gasteiger partial charge is 0.495 e. The SMILES string of the molecule is COc1cncc(-c2cc3c(-c4cc5c([nH]4)C=C=CC=C5)n[nH]c3cn2)c1. The van der Waals surface area contributed by atoms with Crippen molar-refractivity contribution in [1.82, 2.24) is 25.1 Å². The van der Waals surface area contributed by atoms with Crippen LogP contribution in [0.1, 0.15) is 11.3 Å². The molecule has 1 aliphatic carbocycles. The number of nitrogens with zero attached hydrogens (tertiary/aromatic N) is 3. The van der Waals surface area contributed by atoms with Crippen molar-refractivity contribution in [3.8, 4) is 28.4 Å². The van der Waals surface area contributed by atoms with E-state index in [-0.39, 0.29) is 0 Å². The lowest BCUT2D eigenvalue weighted by Crippen LogP contribution is -1.88. The molecule has 0 fully saturated rings. The van der Waals surface area contributed by atoms with Crippen LogP contribution in [0.4, 0.5) is 0 Å². The van der Waals surface area contributed by atoms with Crippen LogP contribution in [-0.2, 0) is 0 Å². The Balaban J connectivity index is 1.64. The molecule has 5 rings (SSSR count). The average Bonchev–Trinajstić information content (AvgIpc) is 3.25. The van der Waals surface area contributed by atoms with Crippen molar-refractivity contribution in [3.63, 3.8) is 0 Å². The van der Waals surface area contributed by atoms with Crippen molar-refractivity contribution < 1.29 is 4.74 Å². The highest BCUT2D eigenvalue weighted by Gasteiger charge is 2.14. The minimum Gasteiger partial charge on any atom is -0.495 e. The van der Waals surface area contributed by atoms with Crippen LogP contribution in [0.25, 0.3) is 45.7 Å². The summed E-state index contributed by atoms with van der Waals surface area (Å²) in [6.45, 7) is 0. The number of rotatable bonds is 3. The quantitative estimate of drug-likeness (QED) is 0.541. The molecule has 0 amide bonds. The third-order valence-corrected chi connectivity index (χ3v) is 4.52. The van der Waals surface area contributed by atoms with Crippen molar-refractivity contribution in [2.45, 2.75) is 0 Å². The Morgan fingerprint density at radius 1 is 1.11 bits per heavy atom. The van der Waals surface area contributed by atoms with Gasteiger partial charge < -0.3 is 9.72 Å². The zero-order valence-electron chi connectivity index (χ0n) is 14.5. The number of aromatic nitrogens is 5. The number of ether oxygens (including phenoxy) is 1. The third kappa shape index (κ3) is 2.65. The highest BCUT2D eigenvalue weighted by Crippen LogP contribution is 2.31. The second-order valence-electron chi connectivity index (χ2n) is 6.19. The van der Waals surface area contributed by atoms with Crippen molar-refractivity contribution in [1.29, 1.82) is 0 Å². The average molecular weight is 353 g/mol.